The number of aliphatic hydroxyl groups is 4. The lowest BCUT2D eigenvalue weighted by Crippen LogP contribution is -2.59. The highest BCUT2D eigenvalue weighted by Crippen LogP contribution is 2.23. The van der Waals surface area contributed by atoms with Crippen molar-refractivity contribution in [2.45, 2.75) is 256 Å². The summed E-state index contributed by atoms with van der Waals surface area (Å²) in [5.41, 5.74) is 0. The molecule has 0 amide bonds. The number of esters is 1. The monoisotopic (exact) mass is 1010 g/mol. The number of carbonyl (C=O) groups excluding carboxylic acids is 1. The van der Waals surface area contributed by atoms with Gasteiger partial charge in [0, 0.05) is 13.0 Å². The van der Waals surface area contributed by atoms with Crippen molar-refractivity contribution in [1.29, 1.82) is 0 Å². The highest BCUT2D eigenvalue weighted by molar-refractivity contribution is 5.69. The number of hydrogen-bond acceptors (Lipinski definition) is 9. The van der Waals surface area contributed by atoms with Crippen molar-refractivity contribution in [3.05, 3.63) is 109 Å². The van der Waals surface area contributed by atoms with Crippen molar-refractivity contribution >= 4 is 5.97 Å². The third kappa shape index (κ3) is 42.2. The molecule has 0 saturated carbocycles. The minimum Gasteiger partial charge on any atom is -0.457 e. The van der Waals surface area contributed by atoms with Crippen molar-refractivity contribution in [2.24, 2.45) is 0 Å². The molecule has 4 N–H and O–H groups in total. The zero-order valence-electron chi connectivity index (χ0n) is 45.6. The Labute approximate surface area is 440 Å². The molecule has 0 aliphatic carbocycles. The lowest BCUT2D eigenvalue weighted by molar-refractivity contribution is -0.305. The van der Waals surface area contributed by atoms with Gasteiger partial charge in [0.15, 0.2) is 6.29 Å². The zero-order chi connectivity index (χ0) is 52.1. The van der Waals surface area contributed by atoms with Gasteiger partial charge in [-0.25, -0.2) is 0 Å². The quantitative estimate of drug-likeness (QED) is 0.0267. The topological polar surface area (TPSA) is 135 Å². The number of aliphatic hydroxyl groups excluding tert-OH is 4. The Morgan fingerprint density at radius 3 is 1.21 bits per heavy atom. The maximum atomic E-state index is 12.9. The van der Waals surface area contributed by atoms with Crippen molar-refractivity contribution < 1.29 is 44.2 Å². The highest BCUT2D eigenvalue weighted by atomic mass is 16.7. The molecule has 9 nitrogen and oxygen atoms in total. The summed E-state index contributed by atoms with van der Waals surface area (Å²) in [6.45, 7) is 4.32. The SMILES string of the molecule is CC/C=C\C/C=C\C/C=C\C/C=C\C/C=C\CCCCCCCCCC(=O)OC(COCCCCCCCCCCCCCCC/C=C\C/C=C\C/C=C\C/C=C\CC)COC1OC(CO)C(O)C(O)C1O. The van der Waals surface area contributed by atoms with Gasteiger partial charge in [0.2, 0.25) is 0 Å². The Hall–Kier alpha value is -3.15. The molecule has 1 saturated heterocycles. The van der Waals surface area contributed by atoms with Gasteiger partial charge in [0.25, 0.3) is 0 Å². The molecular formula is C63H106O9. The van der Waals surface area contributed by atoms with Crippen LogP contribution >= 0.6 is 0 Å². The fourth-order valence-corrected chi connectivity index (χ4v) is 8.28. The van der Waals surface area contributed by atoms with Crippen molar-refractivity contribution in [1.82, 2.24) is 0 Å². The van der Waals surface area contributed by atoms with Gasteiger partial charge in [0.05, 0.1) is 19.8 Å². The van der Waals surface area contributed by atoms with E-state index in [9.17, 15) is 25.2 Å². The normalized spacial score (nSPS) is 19.6. The summed E-state index contributed by atoms with van der Waals surface area (Å²) in [6, 6.07) is 0. The van der Waals surface area contributed by atoms with E-state index in [0.717, 1.165) is 103 Å². The average molecular weight is 1010 g/mol. The third-order valence-corrected chi connectivity index (χ3v) is 12.7. The van der Waals surface area contributed by atoms with E-state index < -0.39 is 43.4 Å². The maximum absolute atomic E-state index is 12.9. The minimum atomic E-state index is -1.55. The second-order valence-corrected chi connectivity index (χ2v) is 19.3. The predicted octanol–water partition coefficient (Wildman–Crippen LogP) is 15.3. The third-order valence-electron chi connectivity index (χ3n) is 12.7. The zero-order valence-corrected chi connectivity index (χ0v) is 45.6. The Balaban J connectivity index is 2.17. The van der Waals surface area contributed by atoms with Crippen molar-refractivity contribution in [2.75, 3.05) is 26.4 Å². The fraction of sp³-hybridized carbons (Fsp3) is 0.698. The van der Waals surface area contributed by atoms with Crippen LogP contribution in [0.15, 0.2) is 109 Å². The van der Waals surface area contributed by atoms with Crippen molar-refractivity contribution in [3.8, 4) is 0 Å². The van der Waals surface area contributed by atoms with E-state index in [2.05, 4.69) is 123 Å². The van der Waals surface area contributed by atoms with Gasteiger partial charge < -0.3 is 39.4 Å². The molecule has 1 rings (SSSR count). The van der Waals surface area contributed by atoms with Gasteiger partial charge in [-0.1, -0.05) is 226 Å². The molecule has 1 aliphatic rings. The molecule has 0 radical (unpaired) electrons. The second-order valence-electron chi connectivity index (χ2n) is 19.3. The summed E-state index contributed by atoms with van der Waals surface area (Å²) in [6.07, 6.45) is 68.4. The molecule has 1 heterocycles. The Morgan fingerprint density at radius 2 is 0.806 bits per heavy atom. The van der Waals surface area contributed by atoms with Crippen LogP contribution in [0.25, 0.3) is 0 Å². The molecule has 0 aromatic heterocycles. The number of hydrogen-bond donors (Lipinski definition) is 4. The first-order valence-electron chi connectivity index (χ1n) is 29.0. The maximum Gasteiger partial charge on any atom is 0.306 e. The molecule has 0 spiro atoms. The number of carbonyl (C=O) groups is 1. The van der Waals surface area contributed by atoms with Crippen molar-refractivity contribution in [3.63, 3.8) is 0 Å². The summed E-state index contributed by atoms with van der Waals surface area (Å²) >= 11 is 0. The summed E-state index contributed by atoms with van der Waals surface area (Å²) in [7, 11) is 0. The Kier molecular flexibility index (Phi) is 48.9. The van der Waals surface area contributed by atoms with Gasteiger partial charge in [-0.15, -0.1) is 0 Å². The number of ether oxygens (including phenoxy) is 4. The molecule has 6 atom stereocenters. The molecule has 6 unspecified atom stereocenters. The van der Waals surface area contributed by atoms with E-state index in [1.165, 1.54) is 96.3 Å². The van der Waals surface area contributed by atoms with Crippen LogP contribution in [0.5, 0.6) is 0 Å². The standard InChI is InChI=1S/C63H106O9/c1-3-5-7-9-11-13-15-17-19-21-23-25-27-28-29-31-33-35-37-39-41-43-45-47-49-51-53-69-55-57(56-70-63-62(68)61(67)60(66)58(54-64)72-63)71-59(65)52-50-48-46-44-42-40-38-36-34-32-30-26-24-22-20-18-16-14-12-10-8-6-4-2/h5-8,11-14,17-20,23-26,32,34,57-58,60-64,66-68H,3-4,9-10,15-16,21-22,27-31,33,35-56H2,1-2H3/b7-5-,8-6-,13-11-,14-12-,19-17-,20-18-,25-23-,26-24-,34-32-. The van der Waals surface area contributed by atoms with Gasteiger partial charge >= 0.3 is 5.97 Å². The number of unbranched alkanes of at least 4 members (excludes halogenated alkanes) is 20. The van der Waals surface area contributed by atoms with Crippen LogP contribution in [0.2, 0.25) is 0 Å². The molecule has 0 aromatic rings. The van der Waals surface area contributed by atoms with Crippen LogP contribution in [-0.4, -0.2) is 89.6 Å². The van der Waals surface area contributed by atoms with E-state index >= 15 is 0 Å². The van der Waals surface area contributed by atoms with E-state index in [-0.39, 0.29) is 19.2 Å². The molecule has 9 heteroatoms. The Bertz CT molecular complexity index is 1470. The van der Waals surface area contributed by atoms with E-state index in [1.807, 2.05) is 0 Å². The number of allylic oxidation sites excluding steroid dienone is 18. The van der Waals surface area contributed by atoms with E-state index in [0.29, 0.717) is 13.0 Å². The van der Waals surface area contributed by atoms with Crippen LogP contribution in [0.4, 0.5) is 0 Å². The fourth-order valence-electron chi connectivity index (χ4n) is 8.28. The molecule has 412 valence electrons. The predicted molar refractivity (Wildman–Crippen MR) is 302 cm³/mol. The van der Waals surface area contributed by atoms with Crippen LogP contribution < -0.4 is 0 Å². The molecule has 0 bridgehead atoms. The van der Waals surface area contributed by atoms with Gasteiger partial charge in [-0.2, -0.15) is 0 Å². The molecular weight excluding hydrogens is 901 g/mol. The van der Waals surface area contributed by atoms with E-state index in [1.54, 1.807) is 0 Å². The molecule has 0 aromatic carbocycles. The molecule has 72 heavy (non-hydrogen) atoms. The first kappa shape index (κ1) is 66.9. The molecule has 1 aliphatic heterocycles. The minimum absolute atomic E-state index is 0.124. The second kappa shape index (κ2) is 52.7. The van der Waals surface area contributed by atoms with Crippen LogP contribution in [-0.2, 0) is 23.7 Å². The largest absolute Gasteiger partial charge is 0.457 e. The van der Waals surface area contributed by atoms with Gasteiger partial charge in [0.1, 0.15) is 30.5 Å². The molecule has 1 fully saturated rings. The van der Waals surface area contributed by atoms with Crippen LogP contribution in [0, 0.1) is 0 Å². The summed E-state index contributed by atoms with van der Waals surface area (Å²) in [5.74, 6) is -0.327. The first-order valence-corrected chi connectivity index (χ1v) is 29.0. The summed E-state index contributed by atoms with van der Waals surface area (Å²) in [4.78, 5) is 12.9. The lowest BCUT2D eigenvalue weighted by atomic mass is 9.99. The average Bonchev–Trinajstić information content (AvgIpc) is 3.38. The smallest absolute Gasteiger partial charge is 0.306 e. The number of rotatable bonds is 49. The lowest BCUT2D eigenvalue weighted by Gasteiger charge is -2.39. The van der Waals surface area contributed by atoms with E-state index in [4.69, 9.17) is 18.9 Å². The summed E-state index contributed by atoms with van der Waals surface area (Å²) < 4.78 is 23.0. The van der Waals surface area contributed by atoms with Gasteiger partial charge in [-0.05, 0) is 96.3 Å². The van der Waals surface area contributed by atoms with Gasteiger partial charge in [-0.3, -0.25) is 4.79 Å². The highest BCUT2D eigenvalue weighted by Gasteiger charge is 2.44. The van der Waals surface area contributed by atoms with Crippen LogP contribution in [0.3, 0.4) is 0 Å². The Morgan fingerprint density at radius 1 is 0.444 bits per heavy atom. The first-order chi connectivity index (χ1) is 35.4. The summed E-state index contributed by atoms with van der Waals surface area (Å²) in [5, 5.41) is 40.4. The van der Waals surface area contributed by atoms with Crippen LogP contribution in [0.1, 0.15) is 219 Å².